The van der Waals surface area contributed by atoms with Crippen molar-refractivity contribution in [2.45, 2.75) is 38.3 Å². The van der Waals surface area contributed by atoms with Gasteiger partial charge in [-0.2, -0.15) is 0 Å². The Morgan fingerprint density at radius 2 is 1.86 bits per heavy atom. The fourth-order valence-electron chi connectivity index (χ4n) is 5.60. The van der Waals surface area contributed by atoms with E-state index in [1.807, 2.05) is 6.92 Å². The van der Waals surface area contributed by atoms with Crippen LogP contribution >= 0.6 is 0 Å². The standard InChI is InChI=1S/C26H27FN2O6/c1-3-11-26(25(32)33-4-2)21-20(22(28-26)16-7-5-6-8-17(16)27)23(30)29(24(21)31)15-9-10-18-19(14-15)35-13-12-34-18/h5-10,14,20-22,28H,3-4,11-13H2,1-2H3/t20-,21-,22+,26-/m0/s1. The van der Waals surface area contributed by atoms with Gasteiger partial charge in [-0.05, 0) is 31.5 Å². The highest BCUT2D eigenvalue weighted by Crippen LogP contribution is 2.52. The average molecular weight is 483 g/mol. The van der Waals surface area contributed by atoms with E-state index in [9.17, 15) is 18.8 Å². The number of amides is 2. The van der Waals surface area contributed by atoms with Gasteiger partial charge in [0.1, 0.15) is 24.6 Å². The molecule has 2 fully saturated rings. The Labute approximate surface area is 202 Å². The second kappa shape index (κ2) is 8.96. The van der Waals surface area contributed by atoms with Crippen molar-refractivity contribution in [1.82, 2.24) is 5.32 Å². The molecule has 4 atom stereocenters. The highest BCUT2D eigenvalue weighted by molar-refractivity contribution is 6.24. The number of carbonyl (C=O) groups is 3. The molecule has 2 aromatic carbocycles. The lowest BCUT2D eigenvalue weighted by molar-refractivity contribution is -0.155. The summed E-state index contributed by atoms with van der Waals surface area (Å²) in [6.07, 6.45) is 0.802. The summed E-state index contributed by atoms with van der Waals surface area (Å²) in [4.78, 5) is 42.2. The Morgan fingerprint density at radius 1 is 1.11 bits per heavy atom. The first-order valence-electron chi connectivity index (χ1n) is 11.9. The number of benzene rings is 2. The van der Waals surface area contributed by atoms with E-state index >= 15 is 0 Å². The molecule has 0 bridgehead atoms. The van der Waals surface area contributed by atoms with E-state index in [0.717, 1.165) is 4.90 Å². The Kier molecular flexibility index (Phi) is 5.96. The van der Waals surface area contributed by atoms with Gasteiger partial charge in [-0.3, -0.25) is 19.7 Å². The van der Waals surface area contributed by atoms with Crippen LogP contribution < -0.4 is 19.7 Å². The lowest BCUT2D eigenvalue weighted by Gasteiger charge is -2.32. The van der Waals surface area contributed by atoms with Crippen molar-refractivity contribution in [2.24, 2.45) is 11.8 Å². The molecule has 2 aromatic rings. The maximum atomic E-state index is 14.9. The normalized spacial score (nSPS) is 27.2. The molecule has 1 N–H and O–H groups in total. The molecule has 35 heavy (non-hydrogen) atoms. The van der Waals surface area contributed by atoms with Crippen LogP contribution in [0.1, 0.15) is 38.3 Å². The third-order valence-electron chi connectivity index (χ3n) is 6.96. The zero-order valence-corrected chi connectivity index (χ0v) is 19.6. The summed E-state index contributed by atoms with van der Waals surface area (Å²) in [5.41, 5.74) is -0.910. The quantitative estimate of drug-likeness (QED) is 0.499. The topological polar surface area (TPSA) is 94.2 Å². The van der Waals surface area contributed by atoms with Gasteiger partial charge in [0.15, 0.2) is 11.5 Å². The Hall–Kier alpha value is -3.46. The molecule has 2 amide bonds. The van der Waals surface area contributed by atoms with Gasteiger partial charge in [0.2, 0.25) is 11.8 Å². The molecule has 0 spiro atoms. The van der Waals surface area contributed by atoms with Crippen molar-refractivity contribution >= 4 is 23.5 Å². The van der Waals surface area contributed by atoms with E-state index in [2.05, 4.69) is 5.32 Å². The molecule has 0 aromatic heterocycles. The molecule has 8 nitrogen and oxygen atoms in total. The van der Waals surface area contributed by atoms with Crippen LogP contribution in [0.15, 0.2) is 42.5 Å². The largest absolute Gasteiger partial charge is 0.486 e. The SMILES string of the molecule is CCC[C@]1(C(=O)OCC)N[C@H](c2ccccc2F)[C@H]2C(=O)N(c3ccc4c(c3)OCCO4)C(=O)[C@H]21. The number of hydrogen-bond acceptors (Lipinski definition) is 7. The number of hydrogen-bond donors (Lipinski definition) is 1. The van der Waals surface area contributed by atoms with E-state index in [4.69, 9.17) is 14.2 Å². The van der Waals surface area contributed by atoms with E-state index < -0.39 is 47.0 Å². The summed E-state index contributed by atoms with van der Waals surface area (Å²) >= 11 is 0. The van der Waals surface area contributed by atoms with Gasteiger partial charge in [-0.15, -0.1) is 0 Å². The molecule has 184 valence electrons. The first-order chi connectivity index (χ1) is 16.9. The Bertz CT molecular complexity index is 1190. The smallest absolute Gasteiger partial charge is 0.327 e. The van der Waals surface area contributed by atoms with E-state index in [1.165, 1.54) is 6.07 Å². The number of carbonyl (C=O) groups excluding carboxylic acids is 3. The van der Waals surface area contributed by atoms with Gasteiger partial charge >= 0.3 is 5.97 Å². The van der Waals surface area contributed by atoms with E-state index in [0.29, 0.717) is 36.8 Å². The average Bonchev–Trinajstić information content (AvgIpc) is 3.33. The van der Waals surface area contributed by atoms with Crippen molar-refractivity contribution in [3.8, 4) is 11.5 Å². The number of ether oxygens (including phenoxy) is 3. The lowest BCUT2D eigenvalue weighted by atomic mass is 9.77. The number of nitrogens with zero attached hydrogens (tertiary/aromatic N) is 1. The summed E-state index contributed by atoms with van der Waals surface area (Å²) in [5.74, 6) is -3.23. The van der Waals surface area contributed by atoms with Gasteiger partial charge in [0.25, 0.3) is 0 Å². The fourth-order valence-corrected chi connectivity index (χ4v) is 5.60. The summed E-state index contributed by atoms with van der Waals surface area (Å²) in [5, 5.41) is 3.20. The summed E-state index contributed by atoms with van der Waals surface area (Å²) in [7, 11) is 0. The first-order valence-corrected chi connectivity index (χ1v) is 11.9. The number of anilines is 1. The number of halogens is 1. The number of imide groups is 1. The molecule has 3 heterocycles. The number of esters is 1. The third-order valence-corrected chi connectivity index (χ3v) is 6.96. The maximum absolute atomic E-state index is 14.9. The van der Waals surface area contributed by atoms with E-state index in [-0.39, 0.29) is 18.6 Å². The predicted molar refractivity (Wildman–Crippen MR) is 123 cm³/mol. The predicted octanol–water partition coefficient (Wildman–Crippen LogP) is 3.15. The lowest BCUT2D eigenvalue weighted by Crippen LogP contribution is -2.56. The van der Waals surface area contributed by atoms with Gasteiger partial charge in [0.05, 0.1) is 24.1 Å². The van der Waals surface area contributed by atoms with Crippen molar-refractivity contribution < 1.29 is 33.0 Å². The van der Waals surface area contributed by atoms with Crippen LogP contribution in [0, 0.1) is 17.7 Å². The molecular formula is C26H27FN2O6. The molecular weight excluding hydrogens is 455 g/mol. The van der Waals surface area contributed by atoms with Gasteiger partial charge in [0, 0.05) is 17.7 Å². The first kappa shape index (κ1) is 23.3. The highest BCUT2D eigenvalue weighted by Gasteiger charge is 2.68. The molecule has 3 aliphatic rings. The number of nitrogens with one attached hydrogen (secondary N) is 1. The number of rotatable bonds is 6. The van der Waals surface area contributed by atoms with Gasteiger partial charge in [-0.1, -0.05) is 31.5 Å². The van der Waals surface area contributed by atoms with Crippen LogP contribution in [0.3, 0.4) is 0 Å². The van der Waals surface area contributed by atoms with Crippen LogP contribution in [0.5, 0.6) is 11.5 Å². The van der Waals surface area contributed by atoms with Gasteiger partial charge in [-0.25, -0.2) is 9.29 Å². The zero-order valence-electron chi connectivity index (χ0n) is 19.6. The van der Waals surface area contributed by atoms with Gasteiger partial charge < -0.3 is 14.2 Å². The van der Waals surface area contributed by atoms with E-state index in [1.54, 1.807) is 43.3 Å². The monoisotopic (exact) mass is 482 g/mol. The fraction of sp³-hybridized carbons (Fsp3) is 0.423. The van der Waals surface area contributed by atoms with Crippen LogP contribution in [0.25, 0.3) is 0 Å². The second-order valence-corrected chi connectivity index (χ2v) is 8.93. The second-order valence-electron chi connectivity index (χ2n) is 8.93. The molecule has 5 rings (SSSR count). The molecule has 3 aliphatic heterocycles. The van der Waals surface area contributed by atoms with Crippen LogP contribution in [-0.2, 0) is 19.1 Å². The van der Waals surface area contributed by atoms with Crippen LogP contribution in [0.2, 0.25) is 0 Å². The molecule has 0 unspecified atom stereocenters. The molecule has 2 saturated heterocycles. The maximum Gasteiger partial charge on any atom is 0.327 e. The summed E-state index contributed by atoms with van der Waals surface area (Å²) in [6.45, 7) is 4.44. The van der Waals surface area contributed by atoms with Crippen molar-refractivity contribution in [3.05, 3.63) is 53.8 Å². The Morgan fingerprint density at radius 3 is 2.57 bits per heavy atom. The van der Waals surface area contributed by atoms with Crippen molar-refractivity contribution in [1.29, 1.82) is 0 Å². The molecule has 0 aliphatic carbocycles. The third kappa shape index (κ3) is 3.56. The van der Waals surface area contributed by atoms with Crippen molar-refractivity contribution in [3.63, 3.8) is 0 Å². The number of fused-ring (bicyclic) bond motifs is 2. The van der Waals surface area contributed by atoms with Crippen molar-refractivity contribution in [2.75, 3.05) is 24.7 Å². The Balaban J connectivity index is 1.63. The molecule has 0 radical (unpaired) electrons. The molecule has 9 heteroatoms. The summed E-state index contributed by atoms with van der Waals surface area (Å²) < 4.78 is 31.5. The van der Waals surface area contributed by atoms with Crippen LogP contribution in [0.4, 0.5) is 10.1 Å². The molecule has 0 saturated carbocycles. The minimum Gasteiger partial charge on any atom is -0.486 e. The summed E-state index contributed by atoms with van der Waals surface area (Å²) in [6, 6.07) is 10.1. The zero-order chi connectivity index (χ0) is 24.7. The minimum atomic E-state index is -1.46. The minimum absolute atomic E-state index is 0.113. The van der Waals surface area contributed by atoms with Crippen LogP contribution in [-0.4, -0.2) is 43.1 Å². The highest BCUT2D eigenvalue weighted by atomic mass is 19.1.